The Kier molecular flexibility index (Phi) is 7.88. The number of nitrogens with zero attached hydrogens (tertiary/aromatic N) is 1. The second-order valence-electron chi connectivity index (χ2n) is 6.59. The van der Waals surface area contributed by atoms with Gasteiger partial charge in [0.05, 0.1) is 26.9 Å². The van der Waals surface area contributed by atoms with E-state index in [0.29, 0.717) is 23.8 Å². The van der Waals surface area contributed by atoms with Gasteiger partial charge in [-0.1, -0.05) is 30.3 Å². The summed E-state index contributed by atoms with van der Waals surface area (Å²) in [5.41, 5.74) is 1.21. The topological polar surface area (TPSA) is 74.3 Å². The van der Waals surface area contributed by atoms with Crippen LogP contribution in [0.25, 0.3) is 0 Å². The lowest BCUT2D eigenvalue weighted by molar-refractivity contribution is -0.136. The van der Waals surface area contributed by atoms with Crippen molar-refractivity contribution in [1.29, 1.82) is 0 Å². The number of hydrogen-bond donors (Lipinski definition) is 0. The lowest BCUT2D eigenvalue weighted by Gasteiger charge is -2.26. The zero-order chi connectivity index (χ0) is 21.4. The van der Waals surface area contributed by atoms with Crippen LogP contribution in [0.2, 0.25) is 0 Å². The third-order valence-corrected chi connectivity index (χ3v) is 4.37. The molecule has 0 bridgehead atoms. The Morgan fingerprint density at radius 1 is 0.931 bits per heavy atom. The van der Waals surface area contributed by atoms with Crippen molar-refractivity contribution in [2.24, 2.45) is 0 Å². The molecule has 0 radical (unpaired) electrons. The predicted molar refractivity (Wildman–Crippen MR) is 109 cm³/mol. The first-order chi connectivity index (χ1) is 13.9. The van der Waals surface area contributed by atoms with Crippen molar-refractivity contribution in [2.75, 3.05) is 27.9 Å². The van der Waals surface area contributed by atoms with Gasteiger partial charge < -0.3 is 23.8 Å². The van der Waals surface area contributed by atoms with Crippen molar-refractivity contribution in [3.05, 3.63) is 53.6 Å². The van der Waals surface area contributed by atoms with Crippen molar-refractivity contribution in [3.63, 3.8) is 0 Å². The number of methoxy groups -OCH3 is 3. The third kappa shape index (κ3) is 5.63. The van der Waals surface area contributed by atoms with E-state index < -0.39 is 5.97 Å². The number of esters is 1. The molecule has 7 heteroatoms. The second kappa shape index (κ2) is 10.4. The molecule has 0 aliphatic rings. The van der Waals surface area contributed by atoms with Gasteiger partial charge in [0.1, 0.15) is 0 Å². The van der Waals surface area contributed by atoms with E-state index in [4.69, 9.17) is 18.9 Å². The molecule has 0 aromatic heterocycles. The zero-order valence-electron chi connectivity index (χ0n) is 17.4. The molecule has 0 spiro atoms. The average molecular weight is 401 g/mol. The van der Waals surface area contributed by atoms with Gasteiger partial charge in [0.2, 0.25) is 5.75 Å². The SMILES string of the molecule is COc1cc(C(=O)OCC(=O)N(Cc2ccccc2)C(C)C)cc(OC)c1OC. The molecule has 1 amide bonds. The molecule has 29 heavy (non-hydrogen) atoms. The standard InChI is InChI=1S/C22H27NO6/c1-15(2)23(13-16-9-7-6-8-10-16)20(24)14-29-22(25)17-11-18(26-3)21(28-5)19(12-17)27-4/h6-12,15H,13-14H2,1-5H3. The zero-order valence-corrected chi connectivity index (χ0v) is 17.4. The van der Waals surface area contributed by atoms with Gasteiger partial charge in [0, 0.05) is 12.6 Å². The summed E-state index contributed by atoms with van der Waals surface area (Å²) < 4.78 is 21.0. The largest absolute Gasteiger partial charge is 0.493 e. The molecule has 156 valence electrons. The first kappa shape index (κ1) is 22.1. The summed E-state index contributed by atoms with van der Waals surface area (Å²) in [5, 5.41) is 0. The molecule has 0 aliphatic carbocycles. The molecule has 0 aliphatic heterocycles. The number of amides is 1. The van der Waals surface area contributed by atoms with E-state index >= 15 is 0 Å². The Morgan fingerprint density at radius 2 is 1.52 bits per heavy atom. The molecule has 0 saturated heterocycles. The fraction of sp³-hybridized carbons (Fsp3) is 0.364. The number of hydrogen-bond acceptors (Lipinski definition) is 6. The first-order valence-electron chi connectivity index (χ1n) is 9.21. The lowest BCUT2D eigenvalue weighted by atomic mass is 10.2. The molecule has 0 heterocycles. The van der Waals surface area contributed by atoms with Gasteiger partial charge in [-0.05, 0) is 31.5 Å². The highest BCUT2D eigenvalue weighted by atomic mass is 16.5. The van der Waals surface area contributed by atoms with Crippen LogP contribution < -0.4 is 14.2 Å². The summed E-state index contributed by atoms with van der Waals surface area (Å²) >= 11 is 0. The molecule has 2 rings (SSSR count). The molecular formula is C22H27NO6. The molecule has 0 N–H and O–H groups in total. The number of carbonyl (C=O) groups excluding carboxylic acids is 2. The summed E-state index contributed by atoms with van der Waals surface area (Å²) in [5.74, 6) is 0.109. The summed E-state index contributed by atoms with van der Waals surface area (Å²) in [6.45, 7) is 3.92. The van der Waals surface area contributed by atoms with Crippen molar-refractivity contribution >= 4 is 11.9 Å². The Labute approximate surface area is 171 Å². The van der Waals surface area contributed by atoms with Crippen molar-refractivity contribution in [1.82, 2.24) is 4.90 Å². The van der Waals surface area contributed by atoms with Crippen LogP contribution in [0.5, 0.6) is 17.2 Å². The van der Waals surface area contributed by atoms with Crippen molar-refractivity contribution in [3.8, 4) is 17.2 Å². The van der Waals surface area contributed by atoms with E-state index in [1.165, 1.54) is 33.5 Å². The third-order valence-electron chi connectivity index (χ3n) is 4.37. The Hall–Kier alpha value is -3.22. The Morgan fingerprint density at radius 3 is 2.00 bits per heavy atom. The number of benzene rings is 2. The molecule has 0 fully saturated rings. The van der Waals surface area contributed by atoms with Crippen LogP contribution in [0.3, 0.4) is 0 Å². The highest BCUT2D eigenvalue weighted by Gasteiger charge is 2.21. The van der Waals surface area contributed by atoms with Crippen LogP contribution in [-0.2, 0) is 16.1 Å². The van der Waals surface area contributed by atoms with E-state index in [0.717, 1.165) is 5.56 Å². The van der Waals surface area contributed by atoms with Gasteiger partial charge in [0.25, 0.3) is 5.91 Å². The highest BCUT2D eigenvalue weighted by molar-refractivity contribution is 5.92. The molecule has 2 aromatic rings. The second-order valence-corrected chi connectivity index (χ2v) is 6.59. The highest BCUT2D eigenvalue weighted by Crippen LogP contribution is 2.38. The average Bonchev–Trinajstić information content (AvgIpc) is 2.74. The smallest absolute Gasteiger partial charge is 0.338 e. The van der Waals surface area contributed by atoms with Gasteiger partial charge in [-0.25, -0.2) is 4.79 Å². The maximum Gasteiger partial charge on any atom is 0.338 e. The monoisotopic (exact) mass is 401 g/mol. The summed E-state index contributed by atoms with van der Waals surface area (Å²) in [4.78, 5) is 26.8. The van der Waals surface area contributed by atoms with E-state index in [9.17, 15) is 9.59 Å². The van der Waals surface area contributed by atoms with Crippen LogP contribution in [0.15, 0.2) is 42.5 Å². The van der Waals surface area contributed by atoms with Crippen LogP contribution in [0.4, 0.5) is 0 Å². The van der Waals surface area contributed by atoms with E-state index in [2.05, 4.69) is 0 Å². The molecule has 0 saturated carbocycles. The minimum absolute atomic E-state index is 0.0393. The lowest BCUT2D eigenvalue weighted by Crippen LogP contribution is -2.39. The van der Waals surface area contributed by atoms with Crippen LogP contribution in [0.1, 0.15) is 29.8 Å². The summed E-state index contributed by atoms with van der Waals surface area (Å²) in [7, 11) is 4.39. The molecule has 0 unspecified atom stereocenters. The number of carbonyl (C=O) groups is 2. The minimum Gasteiger partial charge on any atom is -0.493 e. The van der Waals surface area contributed by atoms with Gasteiger partial charge in [-0.2, -0.15) is 0 Å². The van der Waals surface area contributed by atoms with E-state index in [1.54, 1.807) is 4.90 Å². The fourth-order valence-corrected chi connectivity index (χ4v) is 2.83. The van der Waals surface area contributed by atoms with Gasteiger partial charge in [0.15, 0.2) is 18.1 Å². The maximum absolute atomic E-state index is 12.7. The predicted octanol–water partition coefficient (Wildman–Crippen LogP) is 3.31. The van der Waals surface area contributed by atoms with Crippen molar-refractivity contribution < 1.29 is 28.5 Å². The normalized spacial score (nSPS) is 10.4. The molecule has 0 atom stereocenters. The minimum atomic E-state index is -0.652. The summed E-state index contributed by atoms with van der Waals surface area (Å²) in [6.07, 6.45) is 0. The molecule has 2 aromatic carbocycles. The van der Waals surface area contributed by atoms with E-state index in [1.807, 2.05) is 44.2 Å². The fourth-order valence-electron chi connectivity index (χ4n) is 2.83. The maximum atomic E-state index is 12.7. The number of rotatable bonds is 9. The Bertz CT molecular complexity index is 809. The van der Waals surface area contributed by atoms with Crippen LogP contribution >= 0.6 is 0 Å². The van der Waals surface area contributed by atoms with Gasteiger partial charge in [-0.15, -0.1) is 0 Å². The molecule has 7 nitrogen and oxygen atoms in total. The van der Waals surface area contributed by atoms with Crippen molar-refractivity contribution in [2.45, 2.75) is 26.4 Å². The first-order valence-corrected chi connectivity index (χ1v) is 9.21. The van der Waals surface area contributed by atoms with Crippen LogP contribution in [-0.4, -0.2) is 50.8 Å². The summed E-state index contributed by atoms with van der Waals surface area (Å²) in [6, 6.07) is 12.6. The number of ether oxygens (including phenoxy) is 4. The Balaban J connectivity index is 2.09. The van der Waals surface area contributed by atoms with Gasteiger partial charge >= 0.3 is 5.97 Å². The molecular weight excluding hydrogens is 374 g/mol. The quantitative estimate of drug-likeness (QED) is 0.600. The van der Waals surface area contributed by atoms with Crippen LogP contribution in [0, 0.1) is 0 Å². The van der Waals surface area contributed by atoms with E-state index in [-0.39, 0.29) is 24.1 Å². The van der Waals surface area contributed by atoms with Gasteiger partial charge in [-0.3, -0.25) is 4.79 Å².